The molecule has 5 nitrogen and oxygen atoms in total. The van der Waals surface area contributed by atoms with E-state index in [1.54, 1.807) is 0 Å². The zero-order chi connectivity index (χ0) is 13.8. The Hall–Kier alpha value is -1.88. The topological polar surface area (TPSA) is 81.2 Å². The first-order valence-corrected chi connectivity index (χ1v) is 6.44. The number of amides is 1. The average molecular weight is 261 g/mol. The summed E-state index contributed by atoms with van der Waals surface area (Å²) in [5.74, 6) is -0.0530. The molecule has 0 bridgehead atoms. The molecule has 0 aliphatic heterocycles. The summed E-state index contributed by atoms with van der Waals surface area (Å²) in [7, 11) is 0. The lowest BCUT2D eigenvalue weighted by atomic mass is 10.1. The molecule has 102 valence electrons. The zero-order valence-electron chi connectivity index (χ0n) is 11.3. The highest BCUT2D eigenvalue weighted by molar-refractivity contribution is 5.88. The molecule has 2 rings (SSSR count). The molecule has 19 heavy (non-hydrogen) atoms. The van der Waals surface area contributed by atoms with Gasteiger partial charge in [0.15, 0.2) is 5.58 Å². The summed E-state index contributed by atoms with van der Waals surface area (Å²) in [4.78, 5) is 11.8. The summed E-state index contributed by atoms with van der Waals surface area (Å²) >= 11 is 0. The minimum atomic E-state index is -0.0530. The average Bonchev–Trinajstić information content (AvgIpc) is 2.73. The first-order valence-electron chi connectivity index (χ1n) is 6.44. The van der Waals surface area contributed by atoms with Crippen molar-refractivity contribution in [1.82, 2.24) is 10.5 Å². The molecule has 1 aromatic heterocycles. The Balaban J connectivity index is 2.15. The predicted molar refractivity (Wildman–Crippen MR) is 73.9 cm³/mol. The van der Waals surface area contributed by atoms with Crippen molar-refractivity contribution in [2.45, 2.75) is 26.7 Å². The summed E-state index contributed by atoms with van der Waals surface area (Å²) in [6.07, 6.45) is 1.02. The first-order chi connectivity index (χ1) is 9.11. The van der Waals surface area contributed by atoms with E-state index in [1.165, 1.54) is 0 Å². The van der Waals surface area contributed by atoms with Crippen LogP contribution in [0.2, 0.25) is 0 Å². The van der Waals surface area contributed by atoms with Crippen LogP contribution in [0, 0.1) is 13.8 Å². The molecular weight excluding hydrogens is 242 g/mol. The van der Waals surface area contributed by atoms with Gasteiger partial charge in [0.05, 0.1) is 6.42 Å². The van der Waals surface area contributed by atoms with Crippen molar-refractivity contribution in [3.8, 4) is 0 Å². The summed E-state index contributed by atoms with van der Waals surface area (Å²) in [5.41, 5.74) is 9.00. The van der Waals surface area contributed by atoms with Gasteiger partial charge in [0, 0.05) is 11.9 Å². The van der Waals surface area contributed by atoms with Crippen LogP contribution in [0.1, 0.15) is 23.2 Å². The summed E-state index contributed by atoms with van der Waals surface area (Å²) in [6.45, 7) is 5.17. The van der Waals surface area contributed by atoms with Gasteiger partial charge >= 0.3 is 0 Å². The lowest BCUT2D eigenvalue weighted by molar-refractivity contribution is -0.120. The number of nitrogens with zero attached hydrogens (tertiary/aromatic N) is 1. The van der Waals surface area contributed by atoms with Crippen LogP contribution in [0.25, 0.3) is 11.0 Å². The molecule has 0 radical (unpaired) electrons. The largest absolute Gasteiger partial charge is 0.356 e. The highest BCUT2D eigenvalue weighted by atomic mass is 16.5. The van der Waals surface area contributed by atoms with Gasteiger partial charge in [-0.05, 0) is 44.0 Å². The van der Waals surface area contributed by atoms with Crippen molar-refractivity contribution in [1.29, 1.82) is 0 Å². The van der Waals surface area contributed by atoms with Gasteiger partial charge in [0.2, 0.25) is 5.91 Å². The fourth-order valence-corrected chi connectivity index (χ4v) is 2.11. The van der Waals surface area contributed by atoms with Gasteiger partial charge in [-0.2, -0.15) is 0 Å². The highest BCUT2D eigenvalue weighted by Gasteiger charge is 2.14. The van der Waals surface area contributed by atoms with Crippen LogP contribution in [0.15, 0.2) is 16.7 Å². The van der Waals surface area contributed by atoms with E-state index in [4.69, 9.17) is 10.3 Å². The lowest BCUT2D eigenvalue weighted by Gasteiger charge is -2.02. The summed E-state index contributed by atoms with van der Waals surface area (Å²) in [5, 5.41) is 7.74. The van der Waals surface area contributed by atoms with Crippen LogP contribution >= 0.6 is 0 Å². The van der Waals surface area contributed by atoms with E-state index < -0.39 is 0 Å². The van der Waals surface area contributed by atoms with E-state index >= 15 is 0 Å². The Morgan fingerprint density at radius 1 is 1.42 bits per heavy atom. The molecule has 0 unspecified atom stereocenters. The van der Waals surface area contributed by atoms with Gasteiger partial charge in [-0.1, -0.05) is 11.2 Å². The number of fused-ring (bicyclic) bond motifs is 1. The molecule has 0 aliphatic rings. The molecule has 0 fully saturated rings. The van der Waals surface area contributed by atoms with Crippen LogP contribution in [0.5, 0.6) is 0 Å². The van der Waals surface area contributed by atoms with Gasteiger partial charge in [-0.3, -0.25) is 4.79 Å². The zero-order valence-corrected chi connectivity index (χ0v) is 11.3. The second-order valence-corrected chi connectivity index (χ2v) is 4.76. The molecule has 0 saturated carbocycles. The van der Waals surface area contributed by atoms with E-state index in [9.17, 15) is 4.79 Å². The number of aromatic nitrogens is 1. The van der Waals surface area contributed by atoms with Gasteiger partial charge in [-0.25, -0.2) is 0 Å². The molecule has 1 aromatic carbocycles. The summed E-state index contributed by atoms with van der Waals surface area (Å²) < 4.78 is 5.31. The van der Waals surface area contributed by atoms with Crippen molar-refractivity contribution in [2.24, 2.45) is 5.73 Å². The van der Waals surface area contributed by atoms with Crippen molar-refractivity contribution < 1.29 is 9.32 Å². The molecule has 1 amide bonds. The normalized spacial score (nSPS) is 10.9. The third kappa shape index (κ3) is 3.12. The van der Waals surface area contributed by atoms with E-state index in [2.05, 4.69) is 10.5 Å². The number of aryl methyl sites for hydroxylation is 2. The number of carbonyl (C=O) groups is 1. The number of hydrogen-bond donors (Lipinski definition) is 2. The maximum absolute atomic E-state index is 11.8. The molecule has 0 saturated heterocycles. The van der Waals surface area contributed by atoms with Crippen LogP contribution in [0.3, 0.4) is 0 Å². The van der Waals surface area contributed by atoms with Crippen LogP contribution < -0.4 is 11.1 Å². The van der Waals surface area contributed by atoms with Crippen LogP contribution in [0.4, 0.5) is 0 Å². The standard InChI is InChI=1S/C14H19N3O2/c1-9-6-10(2)14-11(7-9)12(17-19-14)8-13(18)16-5-3-4-15/h6-7H,3-5,8,15H2,1-2H3,(H,16,18). The Bertz CT molecular complexity index is 590. The monoisotopic (exact) mass is 261 g/mol. The number of nitrogens with one attached hydrogen (secondary N) is 1. The van der Waals surface area contributed by atoms with Crippen molar-refractivity contribution in [3.05, 3.63) is 29.0 Å². The van der Waals surface area contributed by atoms with Crippen molar-refractivity contribution >= 4 is 16.9 Å². The molecule has 2 aromatic rings. The van der Waals surface area contributed by atoms with Crippen molar-refractivity contribution in [2.75, 3.05) is 13.1 Å². The summed E-state index contributed by atoms with van der Waals surface area (Å²) in [6, 6.07) is 4.04. The van der Waals surface area contributed by atoms with Crippen LogP contribution in [-0.4, -0.2) is 24.2 Å². The van der Waals surface area contributed by atoms with Gasteiger partial charge < -0.3 is 15.6 Å². The Morgan fingerprint density at radius 3 is 2.95 bits per heavy atom. The van der Waals surface area contributed by atoms with Gasteiger partial charge in [0.25, 0.3) is 0 Å². The Kier molecular flexibility index (Phi) is 4.16. The molecule has 0 atom stereocenters. The van der Waals surface area contributed by atoms with Gasteiger partial charge in [-0.15, -0.1) is 0 Å². The number of benzene rings is 1. The molecule has 0 spiro atoms. The molecule has 3 N–H and O–H groups in total. The van der Waals surface area contributed by atoms with E-state index in [-0.39, 0.29) is 12.3 Å². The smallest absolute Gasteiger partial charge is 0.226 e. The second-order valence-electron chi connectivity index (χ2n) is 4.76. The Morgan fingerprint density at radius 2 is 2.21 bits per heavy atom. The highest BCUT2D eigenvalue weighted by Crippen LogP contribution is 2.23. The lowest BCUT2D eigenvalue weighted by Crippen LogP contribution is -2.27. The SMILES string of the molecule is Cc1cc(C)c2onc(CC(=O)NCCCN)c2c1. The number of nitrogens with two attached hydrogens (primary N) is 1. The van der Waals surface area contributed by atoms with E-state index in [0.717, 1.165) is 28.5 Å². The second kappa shape index (κ2) is 5.84. The van der Waals surface area contributed by atoms with E-state index in [0.29, 0.717) is 18.8 Å². The number of hydrogen-bond acceptors (Lipinski definition) is 4. The molecule has 1 heterocycles. The fraction of sp³-hybridized carbons (Fsp3) is 0.429. The number of rotatable bonds is 5. The third-order valence-electron chi connectivity index (χ3n) is 3.01. The third-order valence-corrected chi connectivity index (χ3v) is 3.01. The minimum absolute atomic E-state index is 0.0530. The van der Waals surface area contributed by atoms with Crippen molar-refractivity contribution in [3.63, 3.8) is 0 Å². The van der Waals surface area contributed by atoms with E-state index in [1.807, 2.05) is 26.0 Å². The maximum atomic E-state index is 11.8. The maximum Gasteiger partial charge on any atom is 0.226 e. The van der Waals surface area contributed by atoms with Gasteiger partial charge in [0.1, 0.15) is 5.69 Å². The number of carbonyl (C=O) groups excluding carboxylic acids is 1. The van der Waals surface area contributed by atoms with Crippen LogP contribution in [-0.2, 0) is 11.2 Å². The molecular formula is C14H19N3O2. The quantitative estimate of drug-likeness (QED) is 0.798. The predicted octanol–water partition coefficient (Wildman–Crippen LogP) is 1.45. The fourth-order valence-electron chi connectivity index (χ4n) is 2.11. The molecule has 5 heteroatoms. The minimum Gasteiger partial charge on any atom is -0.356 e. The molecule has 0 aliphatic carbocycles. The first kappa shape index (κ1) is 13.5. The Labute approximate surface area is 112 Å².